The Labute approximate surface area is 136 Å². The fourth-order valence-corrected chi connectivity index (χ4v) is 2.62. The summed E-state index contributed by atoms with van der Waals surface area (Å²) in [4.78, 5) is 0. The lowest BCUT2D eigenvalue weighted by atomic mass is 10.0. The van der Waals surface area contributed by atoms with Crippen molar-refractivity contribution in [3.05, 3.63) is 35.9 Å². The van der Waals surface area contributed by atoms with Crippen molar-refractivity contribution in [2.45, 2.75) is 77.5 Å². The molecule has 0 fully saturated rings. The van der Waals surface area contributed by atoms with E-state index in [1.165, 1.54) is 38.5 Å². The second-order valence-electron chi connectivity index (χ2n) is 5.91. The van der Waals surface area contributed by atoms with Crippen molar-refractivity contribution in [2.24, 2.45) is 0 Å². The van der Waals surface area contributed by atoms with Gasteiger partial charge in [0.15, 0.2) is 0 Å². The Balaban J connectivity index is 0.00000400. The molecular formula is C18H32ClNO. The van der Waals surface area contributed by atoms with Gasteiger partial charge < -0.3 is 10.4 Å². The number of hydrogen-bond donors (Lipinski definition) is 2. The van der Waals surface area contributed by atoms with Crippen LogP contribution in [0.15, 0.2) is 30.3 Å². The molecule has 1 aromatic rings. The molecule has 0 saturated heterocycles. The Morgan fingerprint density at radius 2 is 1.62 bits per heavy atom. The smallest absolute Gasteiger partial charge is 0.0940 e. The Bertz CT molecular complexity index is 344. The molecule has 0 bridgehead atoms. The van der Waals surface area contributed by atoms with Crippen LogP contribution in [-0.2, 0) is 0 Å². The van der Waals surface area contributed by atoms with Crippen LogP contribution in [0.2, 0.25) is 0 Å². The minimum absolute atomic E-state index is 0. The monoisotopic (exact) mass is 313 g/mol. The number of benzene rings is 1. The number of rotatable bonds is 10. The third-order valence-corrected chi connectivity index (χ3v) is 3.90. The normalized spacial score (nSPS) is 15.0. The molecule has 0 heterocycles. The lowest BCUT2D eigenvalue weighted by molar-refractivity contribution is 0.129. The first-order chi connectivity index (χ1) is 9.65. The van der Waals surface area contributed by atoms with E-state index in [0.29, 0.717) is 6.04 Å². The SMILES string of the molecule is CCCCCCCC(C)NC(C)C(O)c1ccccc1.Cl. The number of aliphatic hydroxyl groups excluding tert-OH is 1. The van der Waals surface area contributed by atoms with Crippen LogP contribution in [-0.4, -0.2) is 17.2 Å². The number of unbranched alkanes of at least 4 members (excludes halogenated alkanes) is 4. The maximum absolute atomic E-state index is 10.3. The van der Waals surface area contributed by atoms with Crippen LogP contribution in [0.3, 0.4) is 0 Å². The molecule has 0 aliphatic rings. The maximum atomic E-state index is 10.3. The first-order valence-corrected chi connectivity index (χ1v) is 8.14. The van der Waals surface area contributed by atoms with Gasteiger partial charge in [0.25, 0.3) is 0 Å². The highest BCUT2D eigenvalue weighted by Gasteiger charge is 2.17. The number of hydrogen-bond acceptors (Lipinski definition) is 2. The average molecular weight is 314 g/mol. The molecule has 0 spiro atoms. The van der Waals surface area contributed by atoms with Crippen LogP contribution in [0.1, 0.15) is 71.0 Å². The van der Waals surface area contributed by atoms with E-state index in [-0.39, 0.29) is 18.4 Å². The second kappa shape index (κ2) is 12.0. The third-order valence-electron chi connectivity index (χ3n) is 3.90. The molecule has 2 N–H and O–H groups in total. The summed E-state index contributed by atoms with van der Waals surface area (Å²) in [5.74, 6) is 0. The molecule has 0 saturated carbocycles. The van der Waals surface area contributed by atoms with Gasteiger partial charge in [-0.3, -0.25) is 0 Å². The molecule has 122 valence electrons. The summed E-state index contributed by atoms with van der Waals surface area (Å²) in [5.41, 5.74) is 0.989. The van der Waals surface area contributed by atoms with Gasteiger partial charge in [0.05, 0.1) is 6.10 Å². The predicted molar refractivity (Wildman–Crippen MR) is 94.1 cm³/mol. The number of aliphatic hydroxyl groups is 1. The van der Waals surface area contributed by atoms with Gasteiger partial charge in [0.2, 0.25) is 0 Å². The zero-order valence-electron chi connectivity index (χ0n) is 13.7. The Kier molecular flexibility index (Phi) is 11.7. The molecule has 3 atom stereocenters. The number of halogens is 1. The standard InChI is InChI=1S/C18H31NO.ClH/c1-4-5-6-7-9-12-15(2)19-16(3)18(20)17-13-10-8-11-14-17;/h8,10-11,13-16,18-20H,4-7,9,12H2,1-3H3;1H. The van der Waals surface area contributed by atoms with E-state index in [0.717, 1.165) is 5.56 Å². The highest BCUT2D eigenvalue weighted by Crippen LogP contribution is 2.17. The van der Waals surface area contributed by atoms with Crippen molar-refractivity contribution in [1.82, 2.24) is 5.32 Å². The molecule has 0 amide bonds. The summed E-state index contributed by atoms with van der Waals surface area (Å²) in [6.45, 7) is 6.52. The highest BCUT2D eigenvalue weighted by atomic mass is 35.5. The van der Waals surface area contributed by atoms with Crippen LogP contribution >= 0.6 is 12.4 Å². The topological polar surface area (TPSA) is 32.3 Å². The van der Waals surface area contributed by atoms with Crippen molar-refractivity contribution < 1.29 is 5.11 Å². The van der Waals surface area contributed by atoms with Crippen LogP contribution < -0.4 is 5.32 Å². The zero-order valence-corrected chi connectivity index (χ0v) is 14.5. The van der Waals surface area contributed by atoms with Crippen molar-refractivity contribution in [3.8, 4) is 0 Å². The van der Waals surface area contributed by atoms with Gasteiger partial charge in [-0.05, 0) is 25.8 Å². The summed E-state index contributed by atoms with van der Waals surface area (Å²) in [6, 6.07) is 10.4. The maximum Gasteiger partial charge on any atom is 0.0940 e. The molecule has 3 heteroatoms. The van der Waals surface area contributed by atoms with Gasteiger partial charge in [0.1, 0.15) is 0 Å². The van der Waals surface area contributed by atoms with E-state index in [1.807, 2.05) is 30.3 Å². The number of nitrogens with one attached hydrogen (secondary N) is 1. The van der Waals surface area contributed by atoms with Crippen LogP contribution in [0.25, 0.3) is 0 Å². The third kappa shape index (κ3) is 8.45. The van der Waals surface area contributed by atoms with Gasteiger partial charge in [-0.15, -0.1) is 12.4 Å². The van der Waals surface area contributed by atoms with Gasteiger partial charge in [-0.25, -0.2) is 0 Å². The molecule has 0 aliphatic heterocycles. The molecule has 0 aliphatic carbocycles. The molecule has 0 radical (unpaired) electrons. The highest BCUT2D eigenvalue weighted by molar-refractivity contribution is 5.85. The summed E-state index contributed by atoms with van der Waals surface area (Å²) in [7, 11) is 0. The van der Waals surface area contributed by atoms with Gasteiger partial charge in [0, 0.05) is 12.1 Å². The quantitative estimate of drug-likeness (QED) is 0.604. The summed E-state index contributed by atoms with van der Waals surface area (Å²) in [5, 5.41) is 13.8. The minimum atomic E-state index is -0.432. The van der Waals surface area contributed by atoms with E-state index in [4.69, 9.17) is 0 Å². The second-order valence-corrected chi connectivity index (χ2v) is 5.91. The fraction of sp³-hybridized carbons (Fsp3) is 0.667. The van der Waals surface area contributed by atoms with Gasteiger partial charge in [-0.1, -0.05) is 69.4 Å². The van der Waals surface area contributed by atoms with Crippen molar-refractivity contribution in [1.29, 1.82) is 0 Å². The predicted octanol–water partition coefficient (Wildman–Crippen LogP) is 4.87. The van der Waals surface area contributed by atoms with E-state index >= 15 is 0 Å². The lowest BCUT2D eigenvalue weighted by Crippen LogP contribution is -2.38. The Morgan fingerprint density at radius 3 is 2.24 bits per heavy atom. The van der Waals surface area contributed by atoms with Crippen LogP contribution in [0, 0.1) is 0 Å². The zero-order chi connectivity index (χ0) is 14.8. The average Bonchev–Trinajstić information content (AvgIpc) is 2.47. The summed E-state index contributed by atoms with van der Waals surface area (Å²) < 4.78 is 0. The van der Waals surface area contributed by atoms with E-state index in [9.17, 15) is 5.11 Å². The molecule has 1 aromatic carbocycles. The first kappa shape index (κ1) is 20.4. The van der Waals surface area contributed by atoms with E-state index in [1.54, 1.807) is 0 Å². The minimum Gasteiger partial charge on any atom is -0.387 e. The lowest BCUT2D eigenvalue weighted by Gasteiger charge is -2.24. The first-order valence-electron chi connectivity index (χ1n) is 8.14. The molecule has 0 aromatic heterocycles. The largest absolute Gasteiger partial charge is 0.387 e. The van der Waals surface area contributed by atoms with E-state index < -0.39 is 6.10 Å². The molecule has 21 heavy (non-hydrogen) atoms. The van der Waals surface area contributed by atoms with Crippen molar-refractivity contribution in [3.63, 3.8) is 0 Å². The summed E-state index contributed by atoms with van der Waals surface area (Å²) in [6.07, 6.45) is 7.37. The Hall–Kier alpha value is -0.570. The Morgan fingerprint density at radius 1 is 1.00 bits per heavy atom. The summed E-state index contributed by atoms with van der Waals surface area (Å²) >= 11 is 0. The molecule has 3 unspecified atom stereocenters. The molecule has 1 rings (SSSR count). The van der Waals surface area contributed by atoms with Crippen molar-refractivity contribution >= 4 is 12.4 Å². The van der Waals surface area contributed by atoms with Crippen molar-refractivity contribution in [2.75, 3.05) is 0 Å². The fourth-order valence-electron chi connectivity index (χ4n) is 2.62. The molecule has 2 nitrogen and oxygen atoms in total. The van der Waals surface area contributed by atoms with Crippen LogP contribution in [0.5, 0.6) is 0 Å². The van der Waals surface area contributed by atoms with E-state index in [2.05, 4.69) is 26.1 Å². The van der Waals surface area contributed by atoms with Gasteiger partial charge in [-0.2, -0.15) is 0 Å². The van der Waals surface area contributed by atoms with Crippen LogP contribution in [0.4, 0.5) is 0 Å². The van der Waals surface area contributed by atoms with Gasteiger partial charge >= 0.3 is 0 Å². The molecular weight excluding hydrogens is 282 g/mol.